The summed E-state index contributed by atoms with van der Waals surface area (Å²) in [5, 5.41) is 5.27. The van der Waals surface area contributed by atoms with E-state index in [2.05, 4.69) is 10.1 Å². The first-order valence-electron chi connectivity index (χ1n) is 10.9. The molecular formula is C22H31N5O3. The van der Waals surface area contributed by atoms with Crippen LogP contribution >= 0.6 is 0 Å². The van der Waals surface area contributed by atoms with Crippen LogP contribution in [0.4, 0.5) is 0 Å². The molecule has 2 saturated heterocycles. The van der Waals surface area contributed by atoms with E-state index in [1.165, 1.54) is 0 Å². The summed E-state index contributed by atoms with van der Waals surface area (Å²) < 4.78 is 7.50. The van der Waals surface area contributed by atoms with Crippen LogP contribution in [0, 0.1) is 19.8 Å². The summed E-state index contributed by atoms with van der Waals surface area (Å²) in [6.45, 7) is 7.10. The zero-order valence-electron chi connectivity index (χ0n) is 18.2. The summed E-state index contributed by atoms with van der Waals surface area (Å²) in [7, 11) is 1.83. The van der Waals surface area contributed by atoms with Crippen LogP contribution in [0.15, 0.2) is 6.07 Å². The fourth-order valence-corrected chi connectivity index (χ4v) is 4.60. The van der Waals surface area contributed by atoms with Gasteiger partial charge in [-0.1, -0.05) is 0 Å². The smallest absolute Gasteiger partial charge is 0.260 e. The van der Waals surface area contributed by atoms with Crippen molar-refractivity contribution in [1.82, 2.24) is 24.6 Å². The van der Waals surface area contributed by atoms with Crippen LogP contribution in [0.3, 0.4) is 0 Å². The molecule has 8 nitrogen and oxygen atoms in total. The van der Waals surface area contributed by atoms with Crippen molar-refractivity contribution in [2.75, 3.05) is 32.8 Å². The quantitative estimate of drug-likeness (QED) is 0.751. The van der Waals surface area contributed by atoms with Gasteiger partial charge in [0.1, 0.15) is 0 Å². The molecule has 30 heavy (non-hydrogen) atoms. The minimum absolute atomic E-state index is 0.0309. The fourth-order valence-electron chi connectivity index (χ4n) is 4.60. The van der Waals surface area contributed by atoms with E-state index in [4.69, 9.17) is 4.74 Å². The Morgan fingerprint density at radius 1 is 1.07 bits per heavy atom. The molecule has 0 saturated carbocycles. The van der Waals surface area contributed by atoms with Crippen molar-refractivity contribution in [2.24, 2.45) is 13.0 Å². The van der Waals surface area contributed by atoms with Gasteiger partial charge in [-0.3, -0.25) is 9.59 Å². The van der Waals surface area contributed by atoms with Gasteiger partial charge in [0.2, 0.25) is 11.8 Å². The van der Waals surface area contributed by atoms with Crippen molar-refractivity contribution in [3.63, 3.8) is 0 Å². The van der Waals surface area contributed by atoms with E-state index in [0.29, 0.717) is 31.3 Å². The second-order valence-electron chi connectivity index (χ2n) is 8.61. The third-order valence-electron chi connectivity index (χ3n) is 6.31. The largest absolute Gasteiger partial charge is 0.466 e. The number of carbonyl (C=O) groups excluding carboxylic acids is 2. The molecule has 2 fully saturated rings. The first-order valence-corrected chi connectivity index (χ1v) is 10.9. The number of aryl methyl sites for hydroxylation is 3. The van der Waals surface area contributed by atoms with Crippen LogP contribution in [-0.4, -0.2) is 69.2 Å². The highest BCUT2D eigenvalue weighted by atomic mass is 16.5. The number of amides is 2. The van der Waals surface area contributed by atoms with Gasteiger partial charge >= 0.3 is 0 Å². The second-order valence-corrected chi connectivity index (χ2v) is 8.61. The average molecular weight is 414 g/mol. The van der Waals surface area contributed by atoms with Crippen LogP contribution in [0.2, 0.25) is 0 Å². The van der Waals surface area contributed by atoms with E-state index in [1.807, 2.05) is 36.8 Å². The maximum atomic E-state index is 12.7. The van der Waals surface area contributed by atoms with Crippen LogP contribution in [0.25, 0.3) is 11.0 Å². The first kappa shape index (κ1) is 20.6. The Morgan fingerprint density at radius 3 is 2.43 bits per heavy atom. The Kier molecular flexibility index (Phi) is 5.92. The van der Waals surface area contributed by atoms with Gasteiger partial charge in [0.25, 0.3) is 5.91 Å². The van der Waals surface area contributed by atoms with Crippen molar-refractivity contribution in [1.29, 1.82) is 0 Å². The van der Waals surface area contributed by atoms with Gasteiger partial charge in [-0.2, -0.15) is 0 Å². The minimum Gasteiger partial charge on any atom is -0.466 e. The summed E-state index contributed by atoms with van der Waals surface area (Å²) in [4.78, 5) is 33.4. The SMILES string of the molecule is Cc1cc(C)c2c(OCC(=O)N3CCC(CC(=O)N4CCCC4)CC3)nn(C)c2n1. The number of hydrogen-bond acceptors (Lipinski definition) is 5. The summed E-state index contributed by atoms with van der Waals surface area (Å²) in [5.41, 5.74) is 2.73. The maximum Gasteiger partial charge on any atom is 0.260 e. The highest BCUT2D eigenvalue weighted by molar-refractivity contribution is 5.85. The molecule has 8 heteroatoms. The molecule has 0 N–H and O–H groups in total. The van der Waals surface area contributed by atoms with Crippen molar-refractivity contribution in [3.05, 3.63) is 17.3 Å². The second kappa shape index (κ2) is 8.62. The predicted octanol–water partition coefficient (Wildman–Crippen LogP) is 2.22. The zero-order valence-corrected chi connectivity index (χ0v) is 18.2. The molecule has 0 atom stereocenters. The Balaban J connectivity index is 1.29. The number of piperidine rings is 1. The van der Waals surface area contributed by atoms with Crippen molar-refractivity contribution in [2.45, 2.75) is 46.0 Å². The number of aromatic nitrogens is 3. The molecule has 2 aliphatic rings. The number of ether oxygens (including phenoxy) is 1. The topological polar surface area (TPSA) is 80.6 Å². The van der Waals surface area contributed by atoms with Gasteiger partial charge < -0.3 is 14.5 Å². The third-order valence-corrected chi connectivity index (χ3v) is 6.31. The lowest BCUT2D eigenvalue weighted by Gasteiger charge is -2.32. The monoisotopic (exact) mass is 413 g/mol. The maximum absolute atomic E-state index is 12.7. The number of hydrogen-bond donors (Lipinski definition) is 0. The lowest BCUT2D eigenvalue weighted by molar-refractivity contribution is -0.135. The van der Waals surface area contributed by atoms with Gasteiger partial charge in [0, 0.05) is 45.3 Å². The first-order chi connectivity index (χ1) is 14.4. The Bertz CT molecular complexity index is 940. The summed E-state index contributed by atoms with van der Waals surface area (Å²) in [5.74, 6) is 1.08. The Hall–Kier alpha value is -2.64. The lowest BCUT2D eigenvalue weighted by Crippen LogP contribution is -2.42. The number of carbonyl (C=O) groups is 2. The molecule has 0 aliphatic carbocycles. The summed E-state index contributed by atoms with van der Waals surface area (Å²) in [6.07, 6.45) is 4.61. The zero-order chi connectivity index (χ0) is 21.3. The molecule has 162 valence electrons. The molecule has 0 spiro atoms. The summed E-state index contributed by atoms with van der Waals surface area (Å²) >= 11 is 0. The van der Waals surface area contributed by atoms with Crippen LogP contribution in [0.5, 0.6) is 5.88 Å². The van der Waals surface area contributed by atoms with E-state index in [-0.39, 0.29) is 18.4 Å². The third kappa shape index (κ3) is 4.27. The number of nitrogens with zero attached hydrogens (tertiary/aromatic N) is 5. The standard InChI is InChI=1S/C22H31N5O3/c1-15-12-16(2)23-21-20(15)22(24-25(21)3)30-14-19(29)27-10-6-17(7-11-27)13-18(28)26-8-4-5-9-26/h12,17H,4-11,13-14H2,1-3H3. The molecule has 0 bridgehead atoms. The molecular weight excluding hydrogens is 382 g/mol. The molecule has 4 rings (SSSR count). The molecule has 4 heterocycles. The van der Waals surface area contributed by atoms with Gasteiger partial charge in [0.15, 0.2) is 12.3 Å². The lowest BCUT2D eigenvalue weighted by atomic mass is 9.93. The number of fused-ring (bicyclic) bond motifs is 1. The number of likely N-dealkylation sites (tertiary alicyclic amines) is 2. The van der Waals surface area contributed by atoms with E-state index in [9.17, 15) is 9.59 Å². The van der Waals surface area contributed by atoms with Gasteiger partial charge in [0.05, 0.1) is 5.39 Å². The van der Waals surface area contributed by atoms with Crippen LogP contribution < -0.4 is 4.74 Å². The normalized spacial score (nSPS) is 17.7. The van der Waals surface area contributed by atoms with E-state index in [0.717, 1.165) is 61.1 Å². The highest BCUT2D eigenvalue weighted by Crippen LogP contribution is 2.27. The van der Waals surface area contributed by atoms with Gasteiger partial charge in [-0.15, -0.1) is 5.10 Å². The average Bonchev–Trinajstić information content (AvgIpc) is 3.35. The fraction of sp³-hybridized carbons (Fsp3) is 0.636. The number of rotatable bonds is 5. The van der Waals surface area contributed by atoms with Crippen LogP contribution in [0.1, 0.15) is 43.4 Å². The van der Waals surface area contributed by atoms with Crippen molar-refractivity contribution < 1.29 is 14.3 Å². The molecule has 2 aliphatic heterocycles. The molecule has 0 unspecified atom stereocenters. The van der Waals surface area contributed by atoms with E-state index in [1.54, 1.807) is 4.68 Å². The molecule has 2 amide bonds. The number of pyridine rings is 1. The molecule has 2 aromatic rings. The Morgan fingerprint density at radius 2 is 1.73 bits per heavy atom. The van der Waals surface area contributed by atoms with E-state index < -0.39 is 0 Å². The van der Waals surface area contributed by atoms with Crippen LogP contribution in [-0.2, 0) is 16.6 Å². The highest BCUT2D eigenvalue weighted by Gasteiger charge is 2.27. The van der Waals surface area contributed by atoms with Crippen molar-refractivity contribution in [3.8, 4) is 5.88 Å². The molecule has 0 radical (unpaired) electrons. The van der Waals surface area contributed by atoms with Gasteiger partial charge in [-0.05, 0) is 57.1 Å². The van der Waals surface area contributed by atoms with Crippen molar-refractivity contribution >= 4 is 22.8 Å². The van der Waals surface area contributed by atoms with E-state index >= 15 is 0 Å². The molecule has 2 aromatic heterocycles. The Labute approximate surface area is 177 Å². The van der Waals surface area contributed by atoms with Gasteiger partial charge in [-0.25, -0.2) is 9.67 Å². The summed E-state index contributed by atoms with van der Waals surface area (Å²) in [6, 6.07) is 1.99. The minimum atomic E-state index is -0.0316. The molecule has 0 aromatic carbocycles. The predicted molar refractivity (Wildman–Crippen MR) is 113 cm³/mol.